The van der Waals surface area contributed by atoms with Crippen molar-refractivity contribution in [2.75, 3.05) is 17.9 Å². The van der Waals surface area contributed by atoms with Crippen molar-refractivity contribution in [3.8, 4) is 0 Å². The summed E-state index contributed by atoms with van der Waals surface area (Å²) in [6.45, 7) is 1.97. The lowest BCUT2D eigenvalue weighted by Gasteiger charge is -2.16. The molecule has 0 bridgehead atoms. The third-order valence-electron chi connectivity index (χ3n) is 3.04. The highest BCUT2D eigenvalue weighted by Crippen LogP contribution is 2.26. The van der Waals surface area contributed by atoms with Gasteiger partial charge in [-0.15, -0.1) is 11.6 Å². The number of rotatable bonds is 5. The molecule has 0 aliphatic carbocycles. The van der Waals surface area contributed by atoms with E-state index in [-0.39, 0.29) is 11.9 Å². The van der Waals surface area contributed by atoms with Crippen molar-refractivity contribution in [1.29, 1.82) is 0 Å². The van der Waals surface area contributed by atoms with Gasteiger partial charge in [0.1, 0.15) is 11.6 Å². The molecule has 1 aromatic carbocycles. The third-order valence-corrected chi connectivity index (χ3v) is 5.01. The molecule has 3 nitrogen and oxygen atoms in total. The van der Waals surface area contributed by atoms with Crippen molar-refractivity contribution in [1.82, 2.24) is 9.55 Å². The van der Waals surface area contributed by atoms with Gasteiger partial charge in [0.15, 0.2) is 0 Å². The summed E-state index contributed by atoms with van der Waals surface area (Å²) in [6, 6.07) is 3.22. The van der Waals surface area contributed by atoms with Crippen LogP contribution >= 0.6 is 34.2 Å². The Hall–Kier alpha value is -0.210. The molecule has 0 fully saturated rings. The van der Waals surface area contributed by atoms with Crippen LogP contribution in [0.25, 0.3) is 11.0 Å². The van der Waals surface area contributed by atoms with Crippen LogP contribution < -0.4 is 0 Å². The second kappa shape index (κ2) is 6.70. The number of hydrogen-bond donors (Lipinski definition) is 0. The van der Waals surface area contributed by atoms with E-state index in [1.807, 2.05) is 34.1 Å². The summed E-state index contributed by atoms with van der Waals surface area (Å²) in [7, 11) is -0.922. The van der Waals surface area contributed by atoms with Crippen LogP contribution in [-0.4, -0.2) is 31.6 Å². The largest absolute Gasteiger partial charge is 0.324 e. The Balaban J connectivity index is 2.61. The van der Waals surface area contributed by atoms with Gasteiger partial charge in [0.25, 0.3) is 0 Å². The Morgan fingerprint density at radius 1 is 1.55 bits per heavy atom. The monoisotopic (exact) mass is 428 g/mol. The fraction of sp³-hybridized carbons (Fsp3) is 0.462. The molecule has 2 atom stereocenters. The maximum Gasteiger partial charge on any atom is 0.138 e. The summed E-state index contributed by atoms with van der Waals surface area (Å²) >= 11 is 7.77. The summed E-state index contributed by atoms with van der Waals surface area (Å²) < 4.78 is 27.8. The fourth-order valence-corrected chi connectivity index (χ4v) is 3.76. The summed E-state index contributed by atoms with van der Waals surface area (Å²) in [4.78, 5) is 4.54. The molecule has 2 unspecified atom stereocenters. The Kier molecular flexibility index (Phi) is 5.42. The van der Waals surface area contributed by atoms with Crippen LogP contribution in [0.5, 0.6) is 0 Å². The minimum atomic E-state index is -0.922. The molecule has 0 spiro atoms. The number of fused-ring (bicyclic) bond motifs is 1. The van der Waals surface area contributed by atoms with Crippen LogP contribution in [0.4, 0.5) is 4.39 Å². The zero-order valence-corrected chi connectivity index (χ0v) is 14.9. The summed E-state index contributed by atoms with van der Waals surface area (Å²) in [6.07, 6.45) is 2.27. The lowest BCUT2D eigenvalue weighted by molar-refractivity contribution is 0.583. The number of benzene rings is 1. The predicted octanol–water partition coefficient (Wildman–Crippen LogP) is 3.50. The van der Waals surface area contributed by atoms with Crippen LogP contribution in [0.15, 0.2) is 12.1 Å². The minimum absolute atomic E-state index is 0.0106. The molecule has 1 aromatic heterocycles. The van der Waals surface area contributed by atoms with Crippen molar-refractivity contribution < 1.29 is 8.60 Å². The molecular weight excluding hydrogens is 414 g/mol. The normalized spacial score (nSPS) is 14.7. The number of nitrogens with zero attached hydrogens (tertiary/aromatic N) is 2. The lowest BCUT2D eigenvalue weighted by atomic mass is 10.3. The first-order chi connectivity index (χ1) is 9.43. The van der Waals surface area contributed by atoms with Gasteiger partial charge in [0, 0.05) is 47.2 Å². The molecule has 0 aliphatic heterocycles. The average molecular weight is 429 g/mol. The van der Waals surface area contributed by atoms with Crippen LogP contribution in [0, 0.1) is 9.39 Å². The SMILES string of the molecule is CC(CS(C)=O)n1c(CCCl)nc2cc(I)c(F)cc21. The zero-order chi connectivity index (χ0) is 14.9. The van der Waals surface area contributed by atoms with Gasteiger partial charge in [0.05, 0.1) is 14.6 Å². The minimum Gasteiger partial charge on any atom is -0.324 e. The highest BCUT2D eigenvalue weighted by Gasteiger charge is 2.18. The molecule has 2 aromatic rings. The topological polar surface area (TPSA) is 34.9 Å². The van der Waals surface area contributed by atoms with Crippen molar-refractivity contribution in [3.63, 3.8) is 0 Å². The van der Waals surface area contributed by atoms with Crippen molar-refractivity contribution in [2.24, 2.45) is 0 Å². The quantitative estimate of drug-likeness (QED) is 0.540. The predicted molar refractivity (Wildman–Crippen MR) is 90.5 cm³/mol. The van der Waals surface area contributed by atoms with Crippen molar-refractivity contribution in [2.45, 2.75) is 19.4 Å². The van der Waals surface area contributed by atoms with Crippen molar-refractivity contribution in [3.05, 3.63) is 27.3 Å². The lowest BCUT2D eigenvalue weighted by Crippen LogP contribution is -2.16. The molecule has 20 heavy (non-hydrogen) atoms. The molecule has 7 heteroatoms. The van der Waals surface area contributed by atoms with E-state index in [0.29, 0.717) is 21.6 Å². The van der Waals surface area contributed by atoms with Crippen LogP contribution in [0.1, 0.15) is 18.8 Å². The maximum atomic E-state index is 13.8. The summed E-state index contributed by atoms with van der Waals surface area (Å²) in [5.74, 6) is 1.51. The van der Waals surface area contributed by atoms with Crippen molar-refractivity contribution >= 4 is 56.0 Å². The van der Waals surface area contributed by atoms with E-state index < -0.39 is 10.8 Å². The van der Waals surface area contributed by atoms with E-state index in [2.05, 4.69) is 4.98 Å². The summed E-state index contributed by atoms with van der Waals surface area (Å²) in [5, 5.41) is 0. The van der Waals surface area contributed by atoms with E-state index in [0.717, 1.165) is 16.9 Å². The molecule has 0 aliphatic rings. The van der Waals surface area contributed by atoms with Crippen LogP contribution in [-0.2, 0) is 17.2 Å². The Morgan fingerprint density at radius 3 is 2.85 bits per heavy atom. The van der Waals surface area contributed by atoms with E-state index in [4.69, 9.17) is 11.6 Å². The molecule has 0 radical (unpaired) electrons. The maximum absolute atomic E-state index is 13.8. The van der Waals surface area contributed by atoms with Gasteiger partial charge >= 0.3 is 0 Å². The van der Waals surface area contributed by atoms with E-state index in [9.17, 15) is 8.60 Å². The molecule has 110 valence electrons. The Morgan fingerprint density at radius 2 is 2.25 bits per heavy atom. The summed E-state index contributed by atoms with van der Waals surface area (Å²) in [5.41, 5.74) is 1.49. The number of hydrogen-bond acceptors (Lipinski definition) is 2. The number of aromatic nitrogens is 2. The number of imidazole rings is 1. The van der Waals surface area contributed by atoms with E-state index >= 15 is 0 Å². The standard InChI is InChI=1S/C13H15ClFIN2OS/c1-8(7-20(2)19)18-12-5-9(15)10(16)6-11(12)17-13(18)3-4-14/h5-6,8H,3-4,7H2,1-2H3. The number of aryl methyl sites for hydroxylation is 1. The van der Waals surface area contributed by atoms with E-state index in [1.165, 1.54) is 6.07 Å². The van der Waals surface area contributed by atoms with Gasteiger partial charge in [-0.3, -0.25) is 4.21 Å². The molecule has 1 heterocycles. The second-order valence-corrected chi connectivity index (χ2v) is 7.70. The fourth-order valence-electron chi connectivity index (χ4n) is 2.31. The Labute approximate surface area is 138 Å². The van der Waals surface area contributed by atoms with Gasteiger partial charge in [-0.25, -0.2) is 9.37 Å². The zero-order valence-electron chi connectivity index (χ0n) is 11.2. The molecule has 0 N–H and O–H groups in total. The second-order valence-electron chi connectivity index (χ2n) is 4.68. The third kappa shape index (κ3) is 3.33. The van der Waals surface area contributed by atoms with Gasteiger partial charge in [-0.1, -0.05) is 0 Å². The smallest absolute Gasteiger partial charge is 0.138 e. The number of alkyl halides is 1. The molecule has 0 amide bonds. The first kappa shape index (κ1) is 16.2. The highest BCUT2D eigenvalue weighted by atomic mass is 127. The molecule has 0 saturated heterocycles. The van der Waals surface area contributed by atoms with Crippen LogP contribution in [0.2, 0.25) is 0 Å². The highest BCUT2D eigenvalue weighted by molar-refractivity contribution is 14.1. The first-order valence-corrected chi connectivity index (χ1v) is 9.50. The number of halogens is 3. The molecule has 2 rings (SSSR count). The molecular formula is C13H15ClFIN2OS. The molecule has 0 saturated carbocycles. The van der Waals surface area contributed by atoms with Crippen LogP contribution in [0.3, 0.4) is 0 Å². The van der Waals surface area contributed by atoms with Gasteiger partial charge < -0.3 is 4.57 Å². The van der Waals surface area contributed by atoms with E-state index in [1.54, 1.807) is 12.3 Å². The van der Waals surface area contributed by atoms with Gasteiger partial charge in [0.2, 0.25) is 0 Å². The van der Waals surface area contributed by atoms with Gasteiger partial charge in [-0.2, -0.15) is 0 Å². The average Bonchev–Trinajstić information content (AvgIpc) is 2.67. The van der Waals surface area contributed by atoms with Gasteiger partial charge in [-0.05, 0) is 35.6 Å². The Bertz CT molecular complexity index is 661. The first-order valence-electron chi connectivity index (χ1n) is 6.16.